The van der Waals surface area contributed by atoms with Crippen molar-refractivity contribution < 1.29 is 9.18 Å². The van der Waals surface area contributed by atoms with E-state index < -0.39 is 5.82 Å². The molecule has 2 amide bonds. The summed E-state index contributed by atoms with van der Waals surface area (Å²) >= 11 is 0. The van der Waals surface area contributed by atoms with Crippen LogP contribution in [0, 0.1) is 11.7 Å². The second-order valence-electron chi connectivity index (χ2n) is 5.42. The van der Waals surface area contributed by atoms with Gasteiger partial charge in [-0.25, -0.2) is 9.18 Å². The molecule has 1 rings (SSSR count). The summed E-state index contributed by atoms with van der Waals surface area (Å²) in [5.74, 6) is 0.0885. The Kier molecular flexibility index (Phi) is 7.15. The molecule has 1 atom stereocenters. The fourth-order valence-electron chi connectivity index (χ4n) is 2.53. The van der Waals surface area contributed by atoms with Gasteiger partial charge in [-0.3, -0.25) is 0 Å². The average Bonchev–Trinajstić information content (AvgIpc) is 2.45. The molecule has 0 spiro atoms. The number of likely N-dealkylation sites (N-methyl/N-ethyl adjacent to an activating group) is 1. The minimum absolute atomic E-state index is 0.193. The summed E-state index contributed by atoms with van der Waals surface area (Å²) in [6.45, 7) is 4.85. The molecule has 0 saturated heterocycles. The number of benzene rings is 1. The first-order valence-electron chi connectivity index (χ1n) is 7.45. The maximum absolute atomic E-state index is 13.5. The highest BCUT2D eigenvalue weighted by Crippen LogP contribution is 2.16. The Morgan fingerprint density at radius 3 is 2.38 bits per heavy atom. The predicted octanol–water partition coefficient (Wildman–Crippen LogP) is 3.31. The van der Waals surface area contributed by atoms with E-state index in [2.05, 4.69) is 29.4 Å². The second-order valence-corrected chi connectivity index (χ2v) is 5.42. The number of hydrogen-bond acceptors (Lipinski definition) is 2. The lowest BCUT2D eigenvalue weighted by molar-refractivity contribution is 0.193. The third kappa shape index (κ3) is 5.34. The van der Waals surface area contributed by atoms with Crippen LogP contribution in [0.25, 0.3) is 0 Å². The molecule has 118 valence electrons. The number of anilines is 1. The Labute approximate surface area is 126 Å². The summed E-state index contributed by atoms with van der Waals surface area (Å²) < 4.78 is 13.5. The molecule has 4 nitrogen and oxygen atoms in total. The number of halogens is 1. The Balaban J connectivity index is 2.56. The first kappa shape index (κ1) is 17.4. The van der Waals surface area contributed by atoms with Gasteiger partial charge >= 0.3 is 6.03 Å². The molecule has 5 heteroatoms. The highest BCUT2D eigenvalue weighted by Gasteiger charge is 2.21. The van der Waals surface area contributed by atoms with Crippen LogP contribution in [0.5, 0.6) is 0 Å². The van der Waals surface area contributed by atoms with Crippen molar-refractivity contribution in [3.8, 4) is 0 Å². The lowest BCUT2D eigenvalue weighted by Gasteiger charge is -2.31. The van der Waals surface area contributed by atoms with E-state index in [1.165, 1.54) is 6.07 Å². The maximum atomic E-state index is 13.5. The first-order valence-corrected chi connectivity index (χ1v) is 7.45. The minimum atomic E-state index is -0.434. The second kappa shape index (κ2) is 8.62. The summed E-state index contributed by atoms with van der Waals surface area (Å²) in [6, 6.07) is 6.03. The van der Waals surface area contributed by atoms with Crippen LogP contribution >= 0.6 is 0 Å². The van der Waals surface area contributed by atoms with E-state index in [0.29, 0.717) is 12.5 Å². The Morgan fingerprint density at radius 1 is 1.24 bits per heavy atom. The molecule has 0 bridgehead atoms. The molecule has 0 radical (unpaired) electrons. The molecule has 1 aromatic rings. The van der Waals surface area contributed by atoms with Gasteiger partial charge in [-0.05, 0) is 32.1 Å². The zero-order chi connectivity index (χ0) is 15.8. The molecule has 0 saturated carbocycles. The summed E-state index contributed by atoms with van der Waals surface area (Å²) in [5, 5.41) is 5.37. The number of carbonyl (C=O) groups is 1. The van der Waals surface area contributed by atoms with Crippen molar-refractivity contribution >= 4 is 11.7 Å². The SMILES string of the molecule is CCC(CC)[C@@H](CNC(=O)Nc1ccccc1F)N(C)C. The molecule has 0 aliphatic carbocycles. The van der Waals surface area contributed by atoms with Crippen LogP contribution in [0.2, 0.25) is 0 Å². The third-order valence-corrected chi connectivity index (χ3v) is 3.85. The van der Waals surface area contributed by atoms with Gasteiger partial charge in [0.2, 0.25) is 0 Å². The zero-order valence-corrected chi connectivity index (χ0v) is 13.3. The van der Waals surface area contributed by atoms with Crippen LogP contribution in [-0.4, -0.2) is 37.6 Å². The Morgan fingerprint density at radius 2 is 1.86 bits per heavy atom. The van der Waals surface area contributed by atoms with Crippen LogP contribution in [-0.2, 0) is 0 Å². The molecule has 21 heavy (non-hydrogen) atoms. The monoisotopic (exact) mass is 295 g/mol. The van der Waals surface area contributed by atoms with Crippen LogP contribution in [0.3, 0.4) is 0 Å². The van der Waals surface area contributed by atoms with Gasteiger partial charge in [-0.1, -0.05) is 38.8 Å². The summed E-state index contributed by atoms with van der Waals surface area (Å²) in [5.41, 5.74) is 0.193. The molecule has 0 heterocycles. The van der Waals surface area contributed by atoms with E-state index >= 15 is 0 Å². The molecule has 0 aliphatic rings. The molecule has 0 fully saturated rings. The quantitative estimate of drug-likeness (QED) is 0.810. The normalized spacial score (nSPS) is 12.5. The van der Waals surface area contributed by atoms with E-state index in [1.54, 1.807) is 18.2 Å². The van der Waals surface area contributed by atoms with Crippen LogP contribution in [0.15, 0.2) is 24.3 Å². The van der Waals surface area contributed by atoms with Crippen LogP contribution in [0.1, 0.15) is 26.7 Å². The number of nitrogens with one attached hydrogen (secondary N) is 2. The van der Waals surface area contributed by atoms with E-state index in [-0.39, 0.29) is 17.8 Å². The molecule has 2 N–H and O–H groups in total. The predicted molar refractivity (Wildman–Crippen MR) is 85.0 cm³/mol. The zero-order valence-electron chi connectivity index (χ0n) is 13.3. The molecule has 1 aromatic carbocycles. The van der Waals surface area contributed by atoms with Crippen molar-refractivity contribution in [1.29, 1.82) is 0 Å². The number of para-hydroxylation sites is 1. The van der Waals surface area contributed by atoms with Gasteiger partial charge in [0.05, 0.1) is 5.69 Å². The van der Waals surface area contributed by atoms with Gasteiger partial charge in [0.1, 0.15) is 5.82 Å². The topological polar surface area (TPSA) is 44.4 Å². The van der Waals surface area contributed by atoms with E-state index in [1.807, 2.05) is 14.1 Å². The molecule has 0 unspecified atom stereocenters. The molecule has 0 aliphatic heterocycles. The maximum Gasteiger partial charge on any atom is 0.319 e. The van der Waals surface area contributed by atoms with Gasteiger partial charge in [0, 0.05) is 12.6 Å². The minimum Gasteiger partial charge on any atom is -0.336 e. The lowest BCUT2D eigenvalue weighted by Crippen LogP contribution is -2.45. The molecule has 0 aromatic heterocycles. The Bertz CT molecular complexity index is 447. The number of amides is 2. The number of urea groups is 1. The summed E-state index contributed by atoms with van der Waals surface area (Å²) in [7, 11) is 4.03. The van der Waals surface area contributed by atoms with Crippen molar-refractivity contribution in [2.24, 2.45) is 5.92 Å². The van der Waals surface area contributed by atoms with Gasteiger partial charge in [-0.15, -0.1) is 0 Å². The van der Waals surface area contributed by atoms with Gasteiger partial charge < -0.3 is 15.5 Å². The van der Waals surface area contributed by atoms with Gasteiger partial charge in [0.15, 0.2) is 0 Å². The largest absolute Gasteiger partial charge is 0.336 e. The van der Waals surface area contributed by atoms with Crippen molar-refractivity contribution in [2.45, 2.75) is 32.7 Å². The first-order chi connectivity index (χ1) is 9.99. The van der Waals surface area contributed by atoms with Crippen molar-refractivity contribution in [3.63, 3.8) is 0 Å². The smallest absolute Gasteiger partial charge is 0.319 e. The van der Waals surface area contributed by atoms with Crippen molar-refractivity contribution in [1.82, 2.24) is 10.2 Å². The third-order valence-electron chi connectivity index (χ3n) is 3.85. The lowest BCUT2D eigenvalue weighted by atomic mass is 9.93. The van der Waals surface area contributed by atoms with E-state index in [0.717, 1.165) is 12.8 Å². The summed E-state index contributed by atoms with van der Waals surface area (Å²) in [6.07, 6.45) is 2.13. The van der Waals surface area contributed by atoms with E-state index in [4.69, 9.17) is 0 Å². The standard InChI is InChI=1S/C16H26FN3O/c1-5-12(6-2)15(20(3)4)11-18-16(21)19-14-10-8-7-9-13(14)17/h7-10,12,15H,5-6,11H2,1-4H3,(H2,18,19,21)/t15-/m1/s1. The average molecular weight is 295 g/mol. The molecular formula is C16H26FN3O. The highest BCUT2D eigenvalue weighted by molar-refractivity contribution is 5.89. The van der Waals surface area contributed by atoms with E-state index in [9.17, 15) is 9.18 Å². The number of nitrogens with zero attached hydrogens (tertiary/aromatic N) is 1. The fraction of sp³-hybridized carbons (Fsp3) is 0.562. The van der Waals surface area contributed by atoms with Crippen molar-refractivity contribution in [2.75, 3.05) is 26.0 Å². The van der Waals surface area contributed by atoms with Crippen molar-refractivity contribution in [3.05, 3.63) is 30.1 Å². The number of carbonyl (C=O) groups excluding carboxylic acids is 1. The van der Waals surface area contributed by atoms with Gasteiger partial charge in [0.25, 0.3) is 0 Å². The fourth-order valence-corrected chi connectivity index (χ4v) is 2.53. The van der Waals surface area contributed by atoms with Gasteiger partial charge in [-0.2, -0.15) is 0 Å². The number of hydrogen-bond donors (Lipinski definition) is 2. The Hall–Kier alpha value is -1.62. The van der Waals surface area contributed by atoms with Crippen LogP contribution in [0.4, 0.5) is 14.9 Å². The van der Waals surface area contributed by atoms with Crippen LogP contribution < -0.4 is 10.6 Å². The molecular weight excluding hydrogens is 269 g/mol. The number of rotatable bonds is 7. The highest BCUT2D eigenvalue weighted by atomic mass is 19.1. The summed E-state index contributed by atoms with van der Waals surface area (Å²) in [4.78, 5) is 14.0.